The zero-order valence-electron chi connectivity index (χ0n) is 13.4. The molecule has 0 radical (unpaired) electrons. The van der Waals surface area contributed by atoms with E-state index in [1.165, 1.54) is 4.90 Å². The molecule has 0 aliphatic carbocycles. The Labute approximate surface area is 162 Å². The second-order valence-electron chi connectivity index (χ2n) is 4.61. The Hall–Kier alpha value is -0.680. The molecule has 0 saturated heterocycles. The molecule has 1 aromatic rings. The van der Waals surface area contributed by atoms with Crippen molar-refractivity contribution in [1.29, 1.82) is 0 Å². The lowest BCUT2D eigenvalue weighted by molar-refractivity contribution is -0.173. The predicted molar refractivity (Wildman–Crippen MR) is 103 cm³/mol. The fraction of sp³-hybridized carbons (Fsp3) is 0.533. The van der Waals surface area contributed by atoms with Gasteiger partial charge in [0.25, 0.3) is 0 Å². The standard InChI is InChI=1S/C15H22F3N3OS.HI/c1-19-14(20-8-5-10-22-12-15(16,17)18)21-9-11-23-13-6-3-2-4-7-13;/h2-4,6-7H,5,8-12H2,1H3,(H2,19,20,21);1H. The summed E-state index contributed by atoms with van der Waals surface area (Å²) < 4.78 is 40.1. The molecular formula is C15H23F3IN3OS. The molecule has 0 spiro atoms. The van der Waals surface area contributed by atoms with E-state index in [1.807, 2.05) is 18.2 Å². The second-order valence-corrected chi connectivity index (χ2v) is 5.78. The van der Waals surface area contributed by atoms with Crippen molar-refractivity contribution in [3.63, 3.8) is 0 Å². The lowest BCUT2D eigenvalue weighted by Crippen LogP contribution is -2.39. The van der Waals surface area contributed by atoms with Gasteiger partial charge in [-0.25, -0.2) is 0 Å². The van der Waals surface area contributed by atoms with Crippen molar-refractivity contribution in [3.8, 4) is 0 Å². The minimum Gasteiger partial charge on any atom is -0.372 e. The SMILES string of the molecule is CN=C(NCCCOCC(F)(F)F)NCCSc1ccccc1.I. The highest BCUT2D eigenvalue weighted by Gasteiger charge is 2.27. The van der Waals surface area contributed by atoms with Gasteiger partial charge in [-0.1, -0.05) is 18.2 Å². The molecule has 0 fully saturated rings. The summed E-state index contributed by atoms with van der Waals surface area (Å²) >= 11 is 1.74. The van der Waals surface area contributed by atoms with E-state index in [0.717, 1.165) is 12.3 Å². The molecule has 0 aromatic heterocycles. The van der Waals surface area contributed by atoms with E-state index >= 15 is 0 Å². The van der Waals surface area contributed by atoms with E-state index in [2.05, 4.69) is 32.5 Å². The van der Waals surface area contributed by atoms with Crippen LogP contribution >= 0.6 is 35.7 Å². The van der Waals surface area contributed by atoms with Gasteiger partial charge in [0.05, 0.1) is 0 Å². The number of hydrogen-bond donors (Lipinski definition) is 2. The molecule has 0 aliphatic heterocycles. The number of nitrogens with zero attached hydrogens (tertiary/aromatic N) is 1. The summed E-state index contributed by atoms with van der Waals surface area (Å²) in [6.07, 6.45) is -3.78. The Morgan fingerprint density at radius 3 is 2.46 bits per heavy atom. The first kappa shape index (κ1) is 23.3. The highest BCUT2D eigenvalue weighted by atomic mass is 127. The van der Waals surface area contributed by atoms with Gasteiger partial charge in [-0.2, -0.15) is 13.2 Å². The van der Waals surface area contributed by atoms with Crippen LogP contribution in [-0.4, -0.2) is 51.2 Å². The Morgan fingerprint density at radius 2 is 1.83 bits per heavy atom. The van der Waals surface area contributed by atoms with Crippen molar-refractivity contribution in [3.05, 3.63) is 30.3 Å². The van der Waals surface area contributed by atoms with Crippen molar-refractivity contribution < 1.29 is 17.9 Å². The number of alkyl halides is 3. The zero-order valence-corrected chi connectivity index (χ0v) is 16.6. The van der Waals surface area contributed by atoms with Gasteiger partial charge in [-0.15, -0.1) is 35.7 Å². The average Bonchev–Trinajstić information content (AvgIpc) is 2.52. The van der Waals surface area contributed by atoms with Crippen LogP contribution in [-0.2, 0) is 4.74 Å². The molecule has 0 heterocycles. The first-order valence-electron chi connectivity index (χ1n) is 7.28. The van der Waals surface area contributed by atoms with Gasteiger partial charge in [0.15, 0.2) is 5.96 Å². The number of benzene rings is 1. The highest BCUT2D eigenvalue weighted by Crippen LogP contribution is 2.15. The van der Waals surface area contributed by atoms with E-state index in [4.69, 9.17) is 0 Å². The number of aliphatic imine (C=N–C) groups is 1. The normalized spacial score (nSPS) is 11.8. The number of thioether (sulfide) groups is 1. The highest BCUT2D eigenvalue weighted by molar-refractivity contribution is 14.0. The minimum atomic E-state index is -4.26. The van der Waals surface area contributed by atoms with E-state index in [-0.39, 0.29) is 30.6 Å². The second kappa shape index (κ2) is 13.6. The molecule has 0 atom stereocenters. The van der Waals surface area contributed by atoms with E-state index in [9.17, 15) is 13.2 Å². The van der Waals surface area contributed by atoms with Crippen LogP contribution < -0.4 is 10.6 Å². The molecular weight excluding hydrogens is 454 g/mol. The lowest BCUT2D eigenvalue weighted by Gasteiger charge is -2.12. The Bertz CT molecular complexity index is 461. The van der Waals surface area contributed by atoms with Gasteiger partial charge < -0.3 is 15.4 Å². The van der Waals surface area contributed by atoms with E-state index in [1.54, 1.807) is 18.8 Å². The number of halogens is 4. The van der Waals surface area contributed by atoms with Gasteiger partial charge in [0.2, 0.25) is 0 Å². The van der Waals surface area contributed by atoms with Crippen molar-refractivity contribution in [1.82, 2.24) is 10.6 Å². The zero-order chi connectivity index (χ0) is 17.0. The molecule has 1 rings (SSSR count). The van der Waals surface area contributed by atoms with Crippen molar-refractivity contribution in [2.24, 2.45) is 4.99 Å². The van der Waals surface area contributed by atoms with Crippen LogP contribution in [0.5, 0.6) is 0 Å². The topological polar surface area (TPSA) is 45.7 Å². The summed E-state index contributed by atoms with van der Waals surface area (Å²) in [6, 6.07) is 10.1. The largest absolute Gasteiger partial charge is 0.411 e. The first-order chi connectivity index (χ1) is 11.0. The maximum atomic E-state index is 11.9. The summed E-state index contributed by atoms with van der Waals surface area (Å²) in [6.45, 7) is 0.108. The van der Waals surface area contributed by atoms with Crippen LogP contribution in [0, 0.1) is 0 Å². The molecule has 0 saturated carbocycles. The summed E-state index contributed by atoms with van der Waals surface area (Å²) in [5.41, 5.74) is 0. The van der Waals surface area contributed by atoms with Crippen molar-refractivity contribution in [2.75, 3.05) is 39.1 Å². The number of nitrogens with one attached hydrogen (secondary N) is 2. The van der Waals surface area contributed by atoms with Crippen LogP contribution in [0.25, 0.3) is 0 Å². The van der Waals surface area contributed by atoms with Gasteiger partial charge in [0, 0.05) is 37.4 Å². The molecule has 138 valence electrons. The molecule has 0 unspecified atom stereocenters. The quantitative estimate of drug-likeness (QED) is 0.188. The summed E-state index contributed by atoms with van der Waals surface area (Å²) in [5.74, 6) is 1.52. The number of guanidine groups is 1. The maximum Gasteiger partial charge on any atom is 0.411 e. The third-order valence-electron chi connectivity index (χ3n) is 2.65. The number of hydrogen-bond acceptors (Lipinski definition) is 3. The summed E-state index contributed by atoms with van der Waals surface area (Å²) in [7, 11) is 1.65. The maximum absolute atomic E-state index is 11.9. The van der Waals surface area contributed by atoms with Crippen LogP contribution in [0.1, 0.15) is 6.42 Å². The average molecular weight is 477 g/mol. The molecule has 1 aromatic carbocycles. The fourth-order valence-corrected chi connectivity index (χ4v) is 2.43. The molecule has 9 heteroatoms. The number of ether oxygens (including phenoxy) is 1. The fourth-order valence-electron chi connectivity index (χ4n) is 1.64. The molecule has 2 N–H and O–H groups in total. The Morgan fingerprint density at radius 1 is 1.17 bits per heavy atom. The molecule has 4 nitrogen and oxygen atoms in total. The molecule has 24 heavy (non-hydrogen) atoms. The lowest BCUT2D eigenvalue weighted by atomic mass is 10.4. The Kier molecular flexibility index (Phi) is 13.2. The Balaban J connectivity index is 0.00000529. The van der Waals surface area contributed by atoms with Gasteiger partial charge >= 0.3 is 6.18 Å². The van der Waals surface area contributed by atoms with E-state index in [0.29, 0.717) is 18.9 Å². The summed E-state index contributed by atoms with van der Waals surface area (Å²) in [5, 5.41) is 6.19. The third kappa shape index (κ3) is 12.7. The minimum absolute atomic E-state index is 0. The van der Waals surface area contributed by atoms with Crippen molar-refractivity contribution >= 4 is 41.7 Å². The van der Waals surface area contributed by atoms with Crippen LogP contribution in [0.15, 0.2) is 40.2 Å². The number of rotatable bonds is 9. The summed E-state index contributed by atoms with van der Waals surface area (Å²) in [4.78, 5) is 5.26. The molecule has 0 bridgehead atoms. The van der Waals surface area contributed by atoms with Gasteiger partial charge in [-0.3, -0.25) is 4.99 Å². The smallest absolute Gasteiger partial charge is 0.372 e. The van der Waals surface area contributed by atoms with E-state index < -0.39 is 12.8 Å². The first-order valence-corrected chi connectivity index (χ1v) is 8.26. The van der Waals surface area contributed by atoms with Gasteiger partial charge in [-0.05, 0) is 18.6 Å². The molecule has 0 aliphatic rings. The van der Waals surface area contributed by atoms with Crippen LogP contribution in [0.3, 0.4) is 0 Å². The van der Waals surface area contributed by atoms with Crippen molar-refractivity contribution in [2.45, 2.75) is 17.5 Å². The predicted octanol–water partition coefficient (Wildman–Crippen LogP) is 3.53. The monoisotopic (exact) mass is 477 g/mol. The van der Waals surface area contributed by atoms with Crippen LogP contribution in [0.4, 0.5) is 13.2 Å². The third-order valence-corrected chi connectivity index (χ3v) is 3.67. The molecule has 0 amide bonds. The van der Waals surface area contributed by atoms with Gasteiger partial charge in [0.1, 0.15) is 6.61 Å². The van der Waals surface area contributed by atoms with Crippen LogP contribution in [0.2, 0.25) is 0 Å².